The molecule has 0 N–H and O–H groups in total. The van der Waals surface area contributed by atoms with Crippen LogP contribution in [0.25, 0.3) is 11.1 Å². The van der Waals surface area contributed by atoms with Gasteiger partial charge in [-0.15, -0.1) is 0 Å². The lowest BCUT2D eigenvalue weighted by atomic mass is 10.0. The summed E-state index contributed by atoms with van der Waals surface area (Å²) in [5, 5.41) is 1.19. The van der Waals surface area contributed by atoms with E-state index in [0.29, 0.717) is 10.0 Å². The molecule has 0 saturated heterocycles. The molecule has 0 aliphatic carbocycles. The van der Waals surface area contributed by atoms with Gasteiger partial charge in [0.15, 0.2) is 0 Å². The Hall–Kier alpha value is -1.16. The minimum atomic E-state index is -1.28. The highest BCUT2D eigenvalue weighted by molar-refractivity contribution is 7.85. The Morgan fingerprint density at radius 3 is 2.23 bits per heavy atom. The zero-order valence-corrected chi connectivity index (χ0v) is 15.0. The van der Waals surface area contributed by atoms with Gasteiger partial charge in [-0.2, -0.15) is 4.40 Å². The summed E-state index contributed by atoms with van der Waals surface area (Å²) in [7, 11) is -1.28. The largest absolute Gasteiger partial charge is 0.234 e. The van der Waals surface area contributed by atoms with E-state index in [1.165, 1.54) is 0 Å². The summed E-state index contributed by atoms with van der Waals surface area (Å²) < 4.78 is 15.7. The number of rotatable bonds is 3. The third-order valence-corrected chi connectivity index (χ3v) is 4.93. The molecule has 0 aliphatic rings. The van der Waals surface area contributed by atoms with Gasteiger partial charge in [-0.3, -0.25) is 0 Å². The lowest BCUT2D eigenvalue weighted by Crippen LogP contribution is -2.19. The molecule has 2 nitrogen and oxygen atoms in total. The van der Waals surface area contributed by atoms with E-state index in [2.05, 4.69) is 4.40 Å². The van der Waals surface area contributed by atoms with Gasteiger partial charge in [-0.25, -0.2) is 4.21 Å². The van der Waals surface area contributed by atoms with E-state index in [0.717, 1.165) is 16.7 Å². The van der Waals surface area contributed by atoms with Crippen molar-refractivity contribution in [2.24, 2.45) is 4.40 Å². The molecule has 0 aromatic heterocycles. The van der Waals surface area contributed by atoms with Crippen LogP contribution in [0.4, 0.5) is 0 Å². The Bertz CT molecular complexity index is 715. The summed E-state index contributed by atoms with van der Waals surface area (Å²) in [6.45, 7) is 5.67. The highest BCUT2D eigenvalue weighted by Gasteiger charge is 2.18. The fourth-order valence-electron chi connectivity index (χ4n) is 1.81. The van der Waals surface area contributed by atoms with Gasteiger partial charge >= 0.3 is 0 Å². The van der Waals surface area contributed by atoms with Crippen LogP contribution in [-0.2, 0) is 11.0 Å². The molecule has 2 aromatic rings. The van der Waals surface area contributed by atoms with Gasteiger partial charge in [0.1, 0.15) is 11.0 Å². The van der Waals surface area contributed by atoms with Gasteiger partial charge in [0.25, 0.3) is 0 Å². The molecule has 0 heterocycles. The van der Waals surface area contributed by atoms with Crippen LogP contribution in [0, 0.1) is 0 Å². The smallest absolute Gasteiger partial charge is 0.144 e. The molecule has 0 amide bonds. The van der Waals surface area contributed by atoms with Crippen LogP contribution in [0.15, 0.2) is 46.9 Å². The van der Waals surface area contributed by atoms with Crippen molar-refractivity contribution in [3.63, 3.8) is 0 Å². The van der Waals surface area contributed by atoms with Crippen LogP contribution in [0.5, 0.6) is 0 Å². The third kappa shape index (κ3) is 4.19. The lowest BCUT2D eigenvalue weighted by molar-refractivity contribution is 0.651. The standard InChI is InChI=1S/C17H17Cl2NOS/c1-17(2,3)22(21)20-11-12-6-4-7-13(10-12)16-14(18)8-5-9-15(16)19/h4-11H,1-3H3/t22-/m1/s1. The van der Waals surface area contributed by atoms with Gasteiger partial charge in [0.05, 0.1) is 4.75 Å². The van der Waals surface area contributed by atoms with E-state index in [4.69, 9.17) is 23.2 Å². The van der Waals surface area contributed by atoms with Crippen molar-refractivity contribution < 1.29 is 4.21 Å². The predicted molar refractivity (Wildman–Crippen MR) is 97.4 cm³/mol. The zero-order chi connectivity index (χ0) is 16.3. The second kappa shape index (κ2) is 6.95. The van der Waals surface area contributed by atoms with Crippen molar-refractivity contribution in [1.29, 1.82) is 0 Å². The fraction of sp³-hybridized carbons (Fsp3) is 0.235. The van der Waals surface area contributed by atoms with Crippen LogP contribution < -0.4 is 0 Å². The maximum atomic E-state index is 12.0. The molecule has 5 heteroatoms. The SMILES string of the molecule is CC(C)(C)[S@@](=O)N=Cc1cccc(-c2c(Cl)cccc2Cl)c1. The quantitative estimate of drug-likeness (QED) is 0.665. The highest BCUT2D eigenvalue weighted by Crippen LogP contribution is 2.34. The molecule has 22 heavy (non-hydrogen) atoms. The first-order valence-electron chi connectivity index (χ1n) is 6.79. The summed E-state index contributed by atoms with van der Waals surface area (Å²) in [4.78, 5) is 0. The molecule has 116 valence electrons. The Balaban J connectivity index is 2.36. The van der Waals surface area contributed by atoms with Crippen LogP contribution in [-0.4, -0.2) is 15.2 Å². The summed E-state index contributed by atoms with van der Waals surface area (Å²) in [5.74, 6) is 0. The van der Waals surface area contributed by atoms with Crippen LogP contribution >= 0.6 is 23.2 Å². The predicted octanol–water partition coefficient (Wildman–Crippen LogP) is 5.54. The van der Waals surface area contributed by atoms with E-state index >= 15 is 0 Å². The van der Waals surface area contributed by atoms with Crippen molar-refractivity contribution in [2.75, 3.05) is 0 Å². The van der Waals surface area contributed by atoms with Crippen LogP contribution in [0.1, 0.15) is 26.3 Å². The van der Waals surface area contributed by atoms with Crippen LogP contribution in [0.2, 0.25) is 10.0 Å². The van der Waals surface area contributed by atoms with Crippen molar-refractivity contribution in [3.8, 4) is 11.1 Å². The van der Waals surface area contributed by atoms with Crippen molar-refractivity contribution in [1.82, 2.24) is 0 Å². The normalized spacial score (nSPS) is 13.5. The maximum Gasteiger partial charge on any atom is 0.144 e. The first kappa shape index (κ1) is 17.2. The first-order chi connectivity index (χ1) is 10.3. The van der Waals surface area contributed by atoms with Crippen molar-refractivity contribution in [3.05, 3.63) is 58.1 Å². The first-order valence-corrected chi connectivity index (χ1v) is 8.66. The molecule has 2 rings (SSSR count). The molecule has 0 radical (unpaired) electrons. The minimum absolute atomic E-state index is 0.375. The van der Waals surface area contributed by atoms with Gasteiger partial charge in [0.2, 0.25) is 0 Å². The van der Waals surface area contributed by atoms with E-state index in [9.17, 15) is 4.21 Å². The molecule has 0 bridgehead atoms. The van der Waals surface area contributed by atoms with Crippen molar-refractivity contribution in [2.45, 2.75) is 25.5 Å². The van der Waals surface area contributed by atoms with E-state index in [1.807, 2.05) is 51.1 Å². The zero-order valence-electron chi connectivity index (χ0n) is 12.6. The Morgan fingerprint density at radius 1 is 1.05 bits per heavy atom. The lowest BCUT2D eigenvalue weighted by Gasteiger charge is -2.12. The number of benzene rings is 2. The molecular weight excluding hydrogens is 337 g/mol. The second-order valence-electron chi connectivity index (χ2n) is 5.82. The molecule has 1 atom stereocenters. The highest BCUT2D eigenvalue weighted by atomic mass is 35.5. The molecular formula is C17H17Cl2NOS. The fourth-order valence-corrected chi connectivity index (χ4v) is 2.96. The van der Waals surface area contributed by atoms with Crippen LogP contribution in [0.3, 0.4) is 0 Å². The summed E-state index contributed by atoms with van der Waals surface area (Å²) in [5.41, 5.74) is 2.55. The van der Waals surface area contributed by atoms with Gasteiger partial charge in [-0.05, 0) is 50.1 Å². The van der Waals surface area contributed by atoms with Gasteiger partial charge in [0, 0.05) is 21.8 Å². The Morgan fingerprint density at radius 2 is 1.64 bits per heavy atom. The van der Waals surface area contributed by atoms with E-state index < -0.39 is 11.0 Å². The van der Waals surface area contributed by atoms with Gasteiger partial charge < -0.3 is 0 Å². The summed E-state index contributed by atoms with van der Waals surface area (Å²) >= 11 is 12.5. The number of hydrogen-bond donors (Lipinski definition) is 0. The number of hydrogen-bond acceptors (Lipinski definition) is 1. The Labute approximate surface area is 143 Å². The maximum absolute atomic E-state index is 12.0. The average Bonchev–Trinajstić information content (AvgIpc) is 2.44. The average molecular weight is 354 g/mol. The number of nitrogens with zero attached hydrogens (tertiary/aromatic N) is 1. The minimum Gasteiger partial charge on any atom is -0.234 e. The molecule has 0 unspecified atom stereocenters. The summed E-state index contributed by atoms with van der Waals surface area (Å²) in [6.07, 6.45) is 1.62. The van der Waals surface area contributed by atoms with Crippen molar-refractivity contribution >= 4 is 40.4 Å². The monoisotopic (exact) mass is 353 g/mol. The Kier molecular flexibility index (Phi) is 5.43. The van der Waals surface area contributed by atoms with E-state index in [1.54, 1.807) is 18.3 Å². The summed E-state index contributed by atoms with van der Waals surface area (Å²) in [6, 6.07) is 13.1. The molecule has 2 aromatic carbocycles. The van der Waals surface area contributed by atoms with E-state index in [-0.39, 0.29) is 4.75 Å². The second-order valence-corrected chi connectivity index (χ2v) is 8.57. The topological polar surface area (TPSA) is 29.4 Å². The number of halogens is 2. The third-order valence-electron chi connectivity index (χ3n) is 2.96. The molecule has 0 fully saturated rings. The molecule has 0 aliphatic heterocycles. The molecule has 0 saturated carbocycles. The molecule has 0 spiro atoms. The van der Waals surface area contributed by atoms with Gasteiger partial charge in [-0.1, -0.05) is 47.5 Å².